The number of ether oxygens (including phenoxy) is 2. The van der Waals surface area contributed by atoms with Crippen LogP contribution in [0.1, 0.15) is 62.9 Å². The molecule has 0 aliphatic carbocycles. The second kappa shape index (κ2) is 11.3. The summed E-state index contributed by atoms with van der Waals surface area (Å²) < 4.78 is 53.2. The van der Waals surface area contributed by atoms with Crippen LogP contribution in [-0.4, -0.2) is 67.7 Å². The number of fused-ring (bicyclic) bond motifs is 1. The highest BCUT2D eigenvalue weighted by atomic mass is 35.5. The van der Waals surface area contributed by atoms with E-state index >= 15 is 0 Å². The number of nitrogens with one attached hydrogen (secondary N) is 1. The van der Waals surface area contributed by atoms with Crippen molar-refractivity contribution in [1.82, 2.24) is 10.2 Å². The second-order valence-electron chi connectivity index (χ2n) is 9.59. The van der Waals surface area contributed by atoms with Gasteiger partial charge in [0.2, 0.25) is 0 Å². The van der Waals surface area contributed by atoms with E-state index < -0.39 is 28.8 Å². The highest BCUT2D eigenvalue weighted by Gasteiger charge is 2.45. The molecular weight excluding hydrogens is 487 g/mol. The third kappa shape index (κ3) is 6.21. The van der Waals surface area contributed by atoms with E-state index in [1.807, 2.05) is 0 Å². The van der Waals surface area contributed by atoms with E-state index in [1.54, 1.807) is 21.0 Å². The summed E-state index contributed by atoms with van der Waals surface area (Å²) in [4.78, 5) is 29.7. The highest BCUT2D eigenvalue weighted by Crippen LogP contribution is 2.44. The molecule has 2 amide bonds. The number of nitrogens with zero attached hydrogens (tertiary/aromatic N) is 2. The van der Waals surface area contributed by atoms with Crippen LogP contribution in [0.4, 0.5) is 18.9 Å². The molecule has 1 atom stereocenters. The maximum Gasteiger partial charge on any atom is 0.417 e. The lowest BCUT2D eigenvalue weighted by Gasteiger charge is -2.40. The van der Waals surface area contributed by atoms with Crippen molar-refractivity contribution >= 4 is 29.9 Å². The third-order valence-electron chi connectivity index (χ3n) is 6.25. The van der Waals surface area contributed by atoms with Crippen molar-refractivity contribution < 1.29 is 32.2 Å². The molecule has 1 aromatic carbocycles. The first kappa shape index (κ1) is 29.2. The SMILES string of the molecule is COCCCCN1C(=O)C(C)(C)Oc2cc(C(F)(F)F)c(C(=O)N(C(C)C)C3CCNC3)cc21.Cl. The Morgan fingerprint density at radius 2 is 2.00 bits per heavy atom. The van der Waals surface area contributed by atoms with Crippen LogP contribution in [0.5, 0.6) is 5.75 Å². The minimum atomic E-state index is -4.77. The van der Waals surface area contributed by atoms with E-state index in [0.717, 1.165) is 6.07 Å². The molecule has 1 aromatic rings. The predicted octanol–water partition coefficient (Wildman–Crippen LogP) is 4.27. The number of benzene rings is 1. The van der Waals surface area contributed by atoms with Gasteiger partial charge < -0.3 is 24.6 Å². The van der Waals surface area contributed by atoms with Crippen molar-refractivity contribution in [2.45, 2.75) is 70.8 Å². The molecule has 1 fully saturated rings. The Bertz CT molecular complexity index is 918. The van der Waals surface area contributed by atoms with Crippen LogP contribution in [-0.2, 0) is 15.7 Å². The summed E-state index contributed by atoms with van der Waals surface area (Å²) in [6, 6.07) is 1.55. The molecular formula is C24H35ClF3N3O4. The number of anilines is 1. The summed E-state index contributed by atoms with van der Waals surface area (Å²) in [6.07, 6.45) is -2.84. The molecule has 198 valence electrons. The van der Waals surface area contributed by atoms with Gasteiger partial charge in [-0.15, -0.1) is 12.4 Å². The normalized spacial score (nSPS) is 19.3. The van der Waals surface area contributed by atoms with Gasteiger partial charge in [0, 0.05) is 38.9 Å². The Morgan fingerprint density at radius 3 is 2.54 bits per heavy atom. The third-order valence-corrected chi connectivity index (χ3v) is 6.25. The van der Waals surface area contributed by atoms with E-state index in [9.17, 15) is 22.8 Å². The zero-order valence-corrected chi connectivity index (χ0v) is 21.6. The number of halogens is 4. The van der Waals surface area contributed by atoms with Crippen LogP contribution in [0.25, 0.3) is 0 Å². The molecule has 0 aromatic heterocycles. The number of rotatable bonds is 8. The fraction of sp³-hybridized carbons (Fsp3) is 0.667. The summed E-state index contributed by atoms with van der Waals surface area (Å²) in [5, 5.41) is 3.16. The van der Waals surface area contributed by atoms with Crippen LogP contribution in [0, 0.1) is 0 Å². The number of hydrogen-bond donors (Lipinski definition) is 1. The molecule has 1 unspecified atom stereocenters. The number of methoxy groups -OCH3 is 1. The zero-order chi connectivity index (χ0) is 25.3. The van der Waals surface area contributed by atoms with Crippen LogP contribution >= 0.6 is 12.4 Å². The fourth-order valence-corrected chi connectivity index (χ4v) is 4.60. The Balaban J connectivity index is 0.00000432. The Hall–Kier alpha value is -2.04. The number of unbranched alkanes of at least 4 members (excludes halogenated alkanes) is 1. The monoisotopic (exact) mass is 521 g/mol. The second-order valence-corrected chi connectivity index (χ2v) is 9.59. The lowest BCUT2D eigenvalue weighted by atomic mass is 9.97. The molecule has 1 N–H and O–H groups in total. The van der Waals surface area contributed by atoms with Crippen molar-refractivity contribution in [3.8, 4) is 5.75 Å². The number of carbonyl (C=O) groups is 2. The van der Waals surface area contributed by atoms with Crippen LogP contribution in [0.15, 0.2) is 12.1 Å². The molecule has 11 heteroatoms. The number of hydrogen-bond acceptors (Lipinski definition) is 5. The van der Waals surface area contributed by atoms with Crippen molar-refractivity contribution in [3.05, 3.63) is 23.3 Å². The first-order valence-corrected chi connectivity index (χ1v) is 11.7. The molecule has 0 spiro atoms. The lowest BCUT2D eigenvalue weighted by molar-refractivity contribution is -0.138. The van der Waals surface area contributed by atoms with Gasteiger partial charge in [-0.3, -0.25) is 9.59 Å². The summed E-state index contributed by atoms with van der Waals surface area (Å²) in [5.41, 5.74) is -2.67. The van der Waals surface area contributed by atoms with Crippen LogP contribution in [0.2, 0.25) is 0 Å². The van der Waals surface area contributed by atoms with E-state index in [0.29, 0.717) is 39.0 Å². The predicted molar refractivity (Wildman–Crippen MR) is 129 cm³/mol. The minimum absolute atomic E-state index is 0. The van der Waals surface area contributed by atoms with E-state index in [2.05, 4.69) is 5.32 Å². The van der Waals surface area contributed by atoms with Gasteiger partial charge in [-0.25, -0.2) is 0 Å². The lowest BCUT2D eigenvalue weighted by Crippen LogP contribution is -2.53. The topological polar surface area (TPSA) is 71.1 Å². The molecule has 0 bridgehead atoms. The van der Waals surface area contributed by atoms with Gasteiger partial charge in [0.25, 0.3) is 11.8 Å². The minimum Gasteiger partial charge on any atom is -0.476 e. The summed E-state index contributed by atoms with van der Waals surface area (Å²) in [7, 11) is 1.58. The quantitative estimate of drug-likeness (QED) is 0.517. The Kier molecular flexibility index (Phi) is 9.46. The molecule has 3 rings (SSSR count). The van der Waals surface area contributed by atoms with Gasteiger partial charge in [0.15, 0.2) is 5.60 Å². The molecule has 35 heavy (non-hydrogen) atoms. The van der Waals surface area contributed by atoms with Crippen molar-refractivity contribution in [2.75, 3.05) is 38.3 Å². The Labute approximate surface area is 210 Å². The maximum atomic E-state index is 14.1. The summed E-state index contributed by atoms with van der Waals surface area (Å²) in [5.74, 6) is -1.12. The number of carbonyl (C=O) groups excluding carboxylic acids is 2. The first-order chi connectivity index (χ1) is 15.9. The summed E-state index contributed by atoms with van der Waals surface area (Å²) in [6.45, 7) is 8.65. The largest absolute Gasteiger partial charge is 0.476 e. The molecule has 1 saturated heterocycles. The van der Waals surface area contributed by atoms with Crippen LogP contribution in [0.3, 0.4) is 0 Å². The maximum absolute atomic E-state index is 14.1. The average Bonchev–Trinajstić information content (AvgIpc) is 3.26. The van der Waals surface area contributed by atoms with Gasteiger partial charge in [-0.05, 0) is 65.6 Å². The van der Waals surface area contributed by atoms with E-state index in [-0.39, 0.29) is 48.4 Å². The molecule has 2 aliphatic rings. The Morgan fingerprint density at radius 1 is 1.31 bits per heavy atom. The fourth-order valence-electron chi connectivity index (χ4n) is 4.60. The molecule has 7 nitrogen and oxygen atoms in total. The van der Waals surface area contributed by atoms with E-state index in [1.165, 1.54) is 29.7 Å². The van der Waals surface area contributed by atoms with Crippen LogP contribution < -0.4 is 15.0 Å². The van der Waals surface area contributed by atoms with Gasteiger partial charge in [-0.2, -0.15) is 13.2 Å². The number of amides is 2. The van der Waals surface area contributed by atoms with Gasteiger partial charge in [-0.1, -0.05) is 0 Å². The molecule has 0 radical (unpaired) electrons. The smallest absolute Gasteiger partial charge is 0.417 e. The van der Waals surface area contributed by atoms with Gasteiger partial charge >= 0.3 is 6.18 Å². The zero-order valence-electron chi connectivity index (χ0n) is 20.8. The number of alkyl halides is 3. The molecule has 2 aliphatic heterocycles. The van der Waals surface area contributed by atoms with Crippen molar-refractivity contribution in [3.63, 3.8) is 0 Å². The summed E-state index contributed by atoms with van der Waals surface area (Å²) >= 11 is 0. The standard InChI is InChI=1S/C24H34F3N3O4.ClH/c1-15(2)30(16-8-9-28-14-16)21(31)17-12-19-20(13-18(17)24(25,26)27)34-23(3,4)22(32)29(19)10-6-7-11-33-5;/h12-13,15-16,28H,6-11,14H2,1-5H3;1H. The molecule has 0 saturated carbocycles. The van der Waals surface area contributed by atoms with Crippen molar-refractivity contribution in [1.29, 1.82) is 0 Å². The van der Waals surface area contributed by atoms with Gasteiger partial charge in [0.05, 0.1) is 16.8 Å². The highest BCUT2D eigenvalue weighted by molar-refractivity contribution is 6.05. The first-order valence-electron chi connectivity index (χ1n) is 11.7. The van der Waals surface area contributed by atoms with Crippen molar-refractivity contribution in [2.24, 2.45) is 0 Å². The van der Waals surface area contributed by atoms with Gasteiger partial charge in [0.1, 0.15) is 5.75 Å². The molecule has 2 heterocycles. The average molecular weight is 522 g/mol. The van der Waals surface area contributed by atoms with E-state index in [4.69, 9.17) is 9.47 Å².